The highest BCUT2D eigenvalue weighted by Crippen LogP contribution is 2.32. The summed E-state index contributed by atoms with van der Waals surface area (Å²) in [5.74, 6) is 1.22. The van der Waals surface area contributed by atoms with Crippen molar-refractivity contribution < 1.29 is 4.52 Å². The molecule has 2 N–H and O–H groups in total. The highest BCUT2D eigenvalue weighted by atomic mass is 79.9. The van der Waals surface area contributed by atoms with Crippen LogP contribution in [0.1, 0.15) is 41.1 Å². The van der Waals surface area contributed by atoms with E-state index in [9.17, 15) is 0 Å². The highest BCUT2D eigenvalue weighted by Gasteiger charge is 2.31. The summed E-state index contributed by atoms with van der Waals surface area (Å²) in [5, 5.41) is 4.12. The molecule has 1 aromatic heterocycles. The van der Waals surface area contributed by atoms with Gasteiger partial charge in [-0.15, -0.1) is 0 Å². The first-order valence-electron chi connectivity index (χ1n) is 8.28. The summed E-state index contributed by atoms with van der Waals surface area (Å²) >= 11 is 3.43. The number of aromatic nitrogens is 2. The van der Waals surface area contributed by atoms with Crippen LogP contribution in [0.2, 0.25) is 0 Å². The molecular formula is C19H19BrN4O. The van der Waals surface area contributed by atoms with Gasteiger partial charge in [0.2, 0.25) is 11.7 Å². The third-order valence-corrected chi connectivity index (χ3v) is 5.08. The predicted octanol–water partition coefficient (Wildman–Crippen LogP) is 4.40. The SMILES string of the molecule is Cc1ccc(C)c(C2CC(c3nc(-c4ccc(Br)cc4)no3)NN2)c1. The van der Waals surface area contributed by atoms with Gasteiger partial charge in [-0.25, -0.2) is 10.9 Å². The molecule has 0 amide bonds. The van der Waals surface area contributed by atoms with E-state index >= 15 is 0 Å². The lowest BCUT2D eigenvalue weighted by Gasteiger charge is -2.13. The van der Waals surface area contributed by atoms with Crippen molar-refractivity contribution in [2.45, 2.75) is 32.4 Å². The molecule has 1 saturated heterocycles. The van der Waals surface area contributed by atoms with Gasteiger partial charge in [0.05, 0.1) is 0 Å². The molecule has 2 heterocycles. The molecule has 128 valence electrons. The minimum Gasteiger partial charge on any atom is -0.337 e. The maximum Gasteiger partial charge on any atom is 0.245 e. The average molecular weight is 399 g/mol. The number of nitrogens with zero attached hydrogens (tertiary/aromatic N) is 2. The number of aryl methyl sites for hydroxylation is 2. The van der Waals surface area contributed by atoms with Gasteiger partial charge in [0.25, 0.3) is 0 Å². The quantitative estimate of drug-likeness (QED) is 0.684. The maximum atomic E-state index is 5.50. The molecule has 25 heavy (non-hydrogen) atoms. The fourth-order valence-electron chi connectivity index (χ4n) is 3.15. The smallest absolute Gasteiger partial charge is 0.245 e. The van der Waals surface area contributed by atoms with E-state index in [1.54, 1.807) is 0 Å². The Kier molecular flexibility index (Phi) is 4.41. The fourth-order valence-corrected chi connectivity index (χ4v) is 3.41. The minimum absolute atomic E-state index is 0.00149. The van der Waals surface area contributed by atoms with Crippen LogP contribution in [0.4, 0.5) is 0 Å². The molecule has 4 rings (SSSR count). The van der Waals surface area contributed by atoms with Crippen LogP contribution >= 0.6 is 15.9 Å². The first-order valence-corrected chi connectivity index (χ1v) is 9.07. The molecule has 6 heteroatoms. The third-order valence-electron chi connectivity index (χ3n) is 4.56. The summed E-state index contributed by atoms with van der Waals surface area (Å²) in [6, 6.07) is 14.6. The Morgan fingerprint density at radius 2 is 1.80 bits per heavy atom. The Hall–Kier alpha value is -2.02. The molecular weight excluding hydrogens is 380 g/mol. The van der Waals surface area contributed by atoms with Gasteiger partial charge in [0.1, 0.15) is 6.04 Å². The molecule has 2 atom stereocenters. The summed E-state index contributed by atoms with van der Waals surface area (Å²) < 4.78 is 6.52. The van der Waals surface area contributed by atoms with Crippen LogP contribution in [0, 0.1) is 13.8 Å². The summed E-state index contributed by atoms with van der Waals surface area (Å²) in [6.45, 7) is 4.26. The lowest BCUT2D eigenvalue weighted by atomic mass is 9.96. The molecule has 0 aliphatic carbocycles. The topological polar surface area (TPSA) is 63.0 Å². The van der Waals surface area contributed by atoms with E-state index in [2.05, 4.69) is 69.0 Å². The van der Waals surface area contributed by atoms with E-state index in [0.29, 0.717) is 11.7 Å². The average Bonchev–Trinajstić information content (AvgIpc) is 3.27. The van der Waals surface area contributed by atoms with Crippen molar-refractivity contribution in [3.63, 3.8) is 0 Å². The number of halogens is 1. The number of nitrogens with one attached hydrogen (secondary N) is 2. The lowest BCUT2D eigenvalue weighted by Crippen LogP contribution is -2.27. The van der Waals surface area contributed by atoms with Gasteiger partial charge < -0.3 is 4.52 Å². The zero-order valence-electron chi connectivity index (χ0n) is 14.1. The monoisotopic (exact) mass is 398 g/mol. The third kappa shape index (κ3) is 3.38. The summed E-state index contributed by atoms with van der Waals surface area (Å²) in [7, 11) is 0. The van der Waals surface area contributed by atoms with Gasteiger partial charge in [0.15, 0.2) is 0 Å². The molecule has 2 unspecified atom stereocenters. The van der Waals surface area contributed by atoms with Crippen LogP contribution in [-0.4, -0.2) is 10.1 Å². The molecule has 3 aromatic rings. The lowest BCUT2D eigenvalue weighted by molar-refractivity contribution is 0.340. The Morgan fingerprint density at radius 3 is 2.60 bits per heavy atom. The normalized spacial score (nSPS) is 20.1. The van der Waals surface area contributed by atoms with Crippen LogP contribution in [0.3, 0.4) is 0 Å². The summed E-state index contributed by atoms with van der Waals surface area (Å²) in [6.07, 6.45) is 0.867. The van der Waals surface area contributed by atoms with E-state index < -0.39 is 0 Å². The van der Waals surface area contributed by atoms with Gasteiger partial charge >= 0.3 is 0 Å². The Balaban J connectivity index is 1.52. The molecule has 0 saturated carbocycles. The number of benzene rings is 2. The molecule has 0 spiro atoms. The van der Waals surface area contributed by atoms with Crippen molar-refractivity contribution >= 4 is 15.9 Å². The van der Waals surface area contributed by atoms with Crippen LogP contribution in [0.25, 0.3) is 11.4 Å². The number of hydrogen-bond acceptors (Lipinski definition) is 5. The van der Waals surface area contributed by atoms with E-state index in [1.165, 1.54) is 16.7 Å². The van der Waals surface area contributed by atoms with Crippen LogP contribution in [0.15, 0.2) is 51.5 Å². The standard InChI is InChI=1S/C19H19BrN4O/c1-11-3-4-12(2)15(9-11)16-10-17(23-22-16)19-21-18(24-25-19)13-5-7-14(20)8-6-13/h3-9,16-17,22-23H,10H2,1-2H3. The second-order valence-corrected chi connectivity index (χ2v) is 7.37. The zero-order chi connectivity index (χ0) is 17.4. The van der Waals surface area contributed by atoms with Crippen molar-refractivity contribution in [3.05, 3.63) is 69.5 Å². The molecule has 5 nitrogen and oxygen atoms in total. The van der Waals surface area contributed by atoms with Gasteiger partial charge in [0, 0.05) is 16.1 Å². The van der Waals surface area contributed by atoms with Gasteiger partial charge in [-0.05, 0) is 55.7 Å². The van der Waals surface area contributed by atoms with Crippen LogP contribution in [-0.2, 0) is 0 Å². The van der Waals surface area contributed by atoms with Crippen LogP contribution < -0.4 is 10.9 Å². The number of hydrogen-bond donors (Lipinski definition) is 2. The van der Waals surface area contributed by atoms with Gasteiger partial charge in [-0.3, -0.25) is 0 Å². The predicted molar refractivity (Wildman–Crippen MR) is 99.7 cm³/mol. The van der Waals surface area contributed by atoms with Crippen molar-refractivity contribution in [2.24, 2.45) is 0 Å². The van der Waals surface area contributed by atoms with Crippen molar-refractivity contribution in [1.29, 1.82) is 0 Å². The maximum absolute atomic E-state index is 5.50. The Morgan fingerprint density at radius 1 is 1.04 bits per heavy atom. The number of hydrazine groups is 1. The van der Waals surface area contributed by atoms with E-state index in [0.717, 1.165) is 16.5 Å². The Labute approximate surface area is 154 Å². The first kappa shape index (κ1) is 16.4. The van der Waals surface area contributed by atoms with E-state index in [4.69, 9.17) is 4.52 Å². The fraction of sp³-hybridized carbons (Fsp3) is 0.263. The van der Waals surface area contributed by atoms with Gasteiger partial charge in [-0.2, -0.15) is 4.98 Å². The molecule has 1 fully saturated rings. The molecule has 2 aromatic carbocycles. The second kappa shape index (κ2) is 6.71. The summed E-state index contributed by atoms with van der Waals surface area (Å²) in [4.78, 5) is 4.56. The molecule has 0 bridgehead atoms. The van der Waals surface area contributed by atoms with Crippen LogP contribution in [0.5, 0.6) is 0 Å². The largest absolute Gasteiger partial charge is 0.337 e. The second-order valence-electron chi connectivity index (χ2n) is 6.45. The van der Waals surface area contributed by atoms with E-state index in [1.807, 2.05) is 24.3 Å². The highest BCUT2D eigenvalue weighted by molar-refractivity contribution is 9.10. The summed E-state index contributed by atoms with van der Waals surface area (Å²) in [5.41, 5.74) is 11.4. The number of rotatable bonds is 3. The van der Waals surface area contributed by atoms with Crippen molar-refractivity contribution in [3.8, 4) is 11.4 Å². The van der Waals surface area contributed by atoms with Crippen molar-refractivity contribution in [2.75, 3.05) is 0 Å². The molecule has 0 radical (unpaired) electrons. The van der Waals surface area contributed by atoms with Crippen molar-refractivity contribution in [1.82, 2.24) is 21.0 Å². The zero-order valence-corrected chi connectivity index (χ0v) is 15.7. The minimum atomic E-state index is 0.00149. The molecule has 1 aliphatic rings. The van der Waals surface area contributed by atoms with Gasteiger partial charge in [-0.1, -0.05) is 44.8 Å². The molecule has 1 aliphatic heterocycles. The van der Waals surface area contributed by atoms with E-state index in [-0.39, 0.29) is 12.1 Å². The first-order chi connectivity index (χ1) is 12.1. The Bertz CT molecular complexity index is 891.